The Bertz CT molecular complexity index is 624. The maximum atomic E-state index is 6.33. The van der Waals surface area contributed by atoms with Gasteiger partial charge in [-0.3, -0.25) is 4.68 Å². The molecule has 0 spiro atoms. The van der Waals surface area contributed by atoms with Gasteiger partial charge in [0.1, 0.15) is 0 Å². The summed E-state index contributed by atoms with van der Waals surface area (Å²) in [6, 6.07) is 2.09. The summed E-state index contributed by atoms with van der Waals surface area (Å²) in [6.45, 7) is 5.08. The van der Waals surface area contributed by atoms with Crippen LogP contribution in [0.5, 0.6) is 0 Å². The summed E-state index contributed by atoms with van der Waals surface area (Å²) in [6.07, 6.45) is 1.88. The molecule has 2 aromatic rings. The van der Waals surface area contributed by atoms with E-state index in [1.54, 1.807) is 0 Å². The molecule has 2 rings (SSSR count). The molecule has 1 unspecified atom stereocenters. The molecular weight excluding hydrogens is 393 g/mol. The largest absolute Gasteiger partial charge is 0.310 e. The highest BCUT2D eigenvalue weighted by atomic mass is 79.9. The zero-order valence-electron chi connectivity index (χ0n) is 12.2. The predicted octanol–water partition coefficient (Wildman–Crippen LogP) is 5.14. The summed E-state index contributed by atoms with van der Waals surface area (Å²) in [5.41, 5.74) is 3.21. The standard InChI is InChI=1S/C14H18BrCl2N3S/c1-4-5-18-10(9-6-12(16)21-14(9)17)7-11-13(15)8(2)19-20(11)3/h6,10,18H,4-5,7H2,1-3H3. The Labute approximate surface area is 147 Å². The average Bonchev–Trinajstić information content (AvgIpc) is 2.87. The smallest absolute Gasteiger partial charge is 0.0992 e. The zero-order chi connectivity index (χ0) is 15.6. The van der Waals surface area contributed by atoms with Crippen LogP contribution in [0.15, 0.2) is 10.5 Å². The summed E-state index contributed by atoms with van der Waals surface area (Å²) < 4.78 is 4.45. The molecule has 0 radical (unpaired) electrons. The van der Waals surface area contributed by atoms with Crippen molar-refractivity contribution in [3.63, 3.8) is 0 Å². The summed E-state index contributed by atoms with van der Waals surface area (Å²) in [7, 11) is 1.96. The minimum absolute atomic E-state index is 0.132. The van der Waals surface area contributed by atoms with E-state index in [4.69, 9.17) is 23.2 Å². The monoisotopic (exact) mass is 409 g/mol. The molecule has 0 aliphatic carbocycles. The number of nitrogens with one attached hydrogen (secondary N) is 1. The molecule has 0 amide bonds. The van der Waals surface area contributed by atoms with Gasteiger partial charge in [-0.2, -0.15) is 5.10 Å². The number of rotatable bonds is 6. The van der Waals surface area contributed by atoms with Crippen molar-refractivity contribution in [3.8, 4) is 0 Å². The Hall–Kier alpha value is -0.0700. The number of hydrogen-bond donors (Lipinski definition) is 1. The summed E-state index contributed by atoms with van der Waals surface area (Å²) in [4.78, 5) is 0. The Balaban J connectivity index is 2.30. The van der Waals surface area contributed by atoms with Crippen molar-refractivity contribution in [2.45, 2.75) is 32.7 Å². The SMILES string of the molecule is CCCNC(Cc1c(Br)c(C)nn1C)c1cc(Cl)sc1Cl. The number of halogens is 3. The number of aryl methyl sites for hydroxylation is 2. The Kier molecular flexibility index (Phi) is 6.15. The summed E-state index contributed by atoms with van der Waals surface area (Å²) in [5, 5.41) is 8.00. The second-order valence-corrected chi connectivity index (χ2v) is 8.04. The molecule has 0 aromatic carbocycles. The molecule has 2 aromatic heterocycles. The van der Waals surface area contributed by atoms with Gasteiger partial charge in [-0.05, 0) is 41.9 Å². The van der Waals surface area contributed by atoms with E-state index < -0.39 is 0 Å². The normalized spacial score (nSPS) is 12.9. The molecule has 3 nitrogen and oxygen atoms in total. The van der Waals surface area contributed by atoms with Crippen molar-refractivity contribution in [3.05, 3.63) is 36.2 Å². The van der Waals surface area contributed by atoms with E-state index in [-0.39, 0.29) is 6.04 Å². The second-order valence-electron chi connectivity index (χ2n) is 4.96. The maximum absolute atomic E-state index is 6.33. The lowest BCUT2D eigenvalue weighted by atomic mass is 10.0. The second kappa shape index (κ2) is 7.47. The van der Waals surface area contributed by atoms with E-state index in [1.165, 1.54) is 11.3 Å². The fourth-order valence-electron chi connectivity index (χ4n) is 2.30. The lowest BCUT2D eigenvalue weighted by Gasteiger charge is -2.18. The van der Waals surface area contributed by atoms with Gasteiger partial charge in [-0.1, -0.05) is 30.1 Å². The number of aromatic nitrogens is 2. The zero-order valence-corrected chi connectivity index (χ0v) is 16.1. The molecule has 0 saturated carbocycles. The van der Waals surface area contributed by atoms with E-state index >= 15 is 0 Å². The van der Waals surface area contributed by atoms with Crippen LogP contribution in [-0.4, -0.2) is 16.3 Å². The van der Waals surface area contributed by atoms with E-state index in [9.17, 15) is 0 Å². The van der Waals surface area contributed by atoms with Crippen LogP contribution in [0.2, 0.25) is 8.67 Å². The van der Waals surface area contributed by atoms with Gasteiger partial charge in [0, 0.05) is 25.1 Å². The number of nitrogens with zero attached hydrogens (tertiary/aromatic N) is 2. The molecule has 1 N–H and O–H groups in total. The van der Waals surface area contributed by atoms with Crippen molar-refractivity contribution in [1.82, 2.24) is 15.1 Å². The topological polar surface area (TPSA) is 29.9 Å². The first kappa shape index (κ1) is 17.3. The first-order valence-corrected chi connectivity index (χ1v) is 9.16. The van der Waals surface area contributed by atoms with E-state index in [0.717, 1.165) is 49.5 Å². The highest BCUT2D eigenvalue weighted by molar-refractivity contribution is 9.10. The summed E-state index contributed by atoms with van der Waals surface area (Å²) in [5.74, 6) is 0. The minimum Gasteiger partial charge on any atom is -0.310 e. The average molecular weight is 411 g/mol. The third-order valence-corrected chi connectivity index (χ3v) is 5.91. The number of thiophene rings is 1. The van der Waals surface area contributed by atoms with Crippen molar-refractivity contribution in [1.29, 1.82) is 0 Å². The third kappa shape index (κ3) is 4.02. The van der Waals surface area contributed by atoms with Crippen molar-refractivity contribution in [2.75, 3.05) is 6.54 Å². The highest BCUT2D eigenvalue weighted by Gasteiger charge is 2.21. The van der Waals surface area contributed by atoms with Crippen LogP contribution >= 0.6 is 50.5 Å². The molecule has 0 saturated heterocycles. The van der Waals surface area contributed by atoms with Crippen LogP contribution in [0.25, 0.3) is 0 Å². The Morgan fingerprint density at radius 1 is 1.48 bits per heavy atom. The van der Waals surface area contributed by atoms with Crippen LogP contribution in [0, 0.1) is 6.92 Å². The molecule has 0 aliphatic rings. The van der Waals surface area contributed by atoms with Gasteiger partial charge in [-0.25, -0.2) is 0 Å². The van der Waals surface area contributed by atoms with Crippen molar-refractivity contribution in [2.24, 2.45) is 7.05 Å². The maximum Gasteiger partial charge on any atom is 0.0992 e. The molecule has 1 atom stereocenters. The Morgan fingerprint density at radius 3 is 2.67 bits per heavy atom. The minimum atomic E-state index is 0.132. The molecule has 0 bridgehead atoms. The van der Waals surface area contributed by atoms with Crippen molar-refractivity contribution >= 4 is 50.5 Å². The van der Waals surface area contributed by atoms with Gasteiger partial charge < -0.3 is 5.32 Å². The van der Waals surface area contributed by atoms with Gasteiger partial charge in [-0.15, -0.1) is 11.3 Å². The van der Waals surface area contributed by atoms with Gasteiger partial charge in [0.05, 0.1) is 24.5 Å². The van der Waals surface area contributed by atoms with Crippen LogP contribution in [-0.2, 0) is 13.5 Å². The van der Waals surface area contributed by atoms with Gasteiger partial charge >= 0.3 is 0 Å². The van der Waals surface area contributed by atoms with E-state index in [2.05, 4.69) is 33.3 Å². The number of hydrogen-bond acceptors (Lipinski definition) is 3. The van der Waals surface area contributed by atoms with Gasteiger partial charge in [0.25, 0.3) is 0 Å². The lowest BCUT2D eigenvalue weighted by molar-refractivity contribution is 0.512. The molecule has 21 heavy (non-hydrogen) atoms. The molecule has 2 heterocycles. The molecule has 116 valence electrons. The molecule has 7 heteroatoms. The third-order valence-electron chi connectivity index (χ3n) is 3.36. The van der Waals surface area contributed by atoms with E-state index in [1.807, 2.05) is 24.7 Å². The van der Waals surface area contributed by atoms with Crippen LogP contribution < -0.4 is 5.32 Å². The first-order valence-electron chi connectivity index (χ1n) is 6.80. The van der Waals surface area contributed by atoms with Gasteiger partial charge in [0.2, 0.25) is 0 Å². The van der Waals surface area contributed by atoms with Crippen LogP contribution in [0.1, 0.15) is 36.3 Å². The summed E-state index contributed by atoms with van der Waals surface area (Å²) >= 11 is 17.5. The van der Waals surface area contributed by atoms with Crippen molar-refractivity contribution < 1.29 is 0 Å². The molecule has 0 aliphatic heterocycles. The quantitative estimate of drug-likeness (QED) is 0.714. The first-order chi connectivity index (χ1) is 9.93. The van der Waals surface area contributed by atoms with E-state index in [0.29, 0.717) is 0 Å². The Morgan fingerprint density at radius 2 is 2.19 bits per heavy atom. The fraction of sp³-hybridized carbons (Fsp3) is 0.500. The predicted molar refractivity (Wildman–Crippen MR) is 94.7 cm³/mol. The molecule has 0 fully saturated rings. The highest BCUT2D eigenvalue weighted by Crippen LogP contribution is 2.37. The lowest BCUT2D eigenvalue weighted by Crippen LogP contribution is -2.25. The van der Waals surface area contributed by atoms with Crippen LogP contribution in [0.4, 0.5) is 0 Å². The fourth-order valence-corrected chi connectivity index (χ4v) is 4.37. The van der Waals surface area contributed by atoms with Crippen LogP contribution in [0.3, 0.4) is 0 Å². The molecular formula is C14H18BrCl2N3S. The van der Waals surface area contributed by atoms with Gasteiger partial charge in [0.15, 0.2) is 0 Å².